The van der Waals surface area contributed by atoms with E-state index in [1.54, 1.807) is 0 Å². The van der Waals surface area contributed by atoms with E-state index < -0.39 is 24.9 Å². The van der Waals surface area contributed by atoms with Gasteiger partial charge in [0.15, 0.2) is 0 Å². The van der Waals surface area contributed by atoms with E-state index in [4.69, 9.17) is 19.7 Å². The maximum absolute atomic E-state index is 9.85. The Balaban J connectivity index is 1.69. The molecule has 1 aromatic rings. The monoisotopic (exact) mass is 420 g/mol. The number of hydrogen-bond donors (Lipinski definition) is 5. The Morgan fingerprint density at radius 1 is 0.900 bits per heavy atom. The number of allylic oxidation sites excluding steroid dienone is 3. The number of rotatable bonds is 9. The van der Waals surface area contributed by atoms with Gasteiger partial charge in [-0.1, -0.05) is 31.1 Å². The second-order valence-electron chi connectivity index (χ2n) is 8.65. The van der Waals surface area contributed by atoms with Crippen molar-refractivity contribution in [2.24, 2.45) is 5.41 Å². The van der Waals surface area contributed by atoms with E-state index in [0.717, 1.165) is 18.6 Å². The van der Waals surface area contributed by atoms with Crippen LogP contribution in [0.5, 0.6) is 5.75 Å². The average molecular weight is 421 g/mol. The van der Waals surface area contributed by atoms with Gasteiger partial charge in [0.25, 0.3) is 0 Å². The Bertz CT molecular complexity index is 812. The van der Waals surface area contributed by atoms with E-state index in [9.17, 15) is 15.3 Å². The van der Waals surface area contributed by atoms with Crippen molar-refractivity contribution in [2.45, 2.75) is 51.4 Å². The average Bonchev–Trinajstić information content (AvgIpc) is 2.73. The van der Waals surface area contributed by atoms with Crippen LogP contribution in [0.25, 0.3) is 0 Å². The van der Waals surface area contributed by atoms with Gasteiger partial charge < -0.3 is 35.0 Å². The summed E-state index contributed by atoms with van der Waals surface area (Å²) in [6, 6.07) is 5.91. The SMILES string of the molecule is CC1(C)C=C(OC[C@@H](O)[C@H](O)CO)CC2=C1Cc1cc(OC[C@@H](O)CO)ccc1C2. The first-order chi connectivity index (χ1) is 14.2. The number of ether oxygens (including phenoxy) is 2. The Labute approximate surface area is 176 Å². The zero-order chi connectivity index (χ0) is 21.9. The quantitative estimate of drug-likeness (QED) is 0.376. The topological polar surface area (TPSA) is 120 Å². The lowest BCUT2D eigenvalue weighted by Gasteiger charge is -2.37. The zero-order valence-electron chi connectivity index (χ0n) is 17.5. The Hall–Kier alpha value is -1.90. The summed E-state index contributed by atoms with van der Waals surface area (Å²) in [7, 11) is 0. The van der Waals surface area contributed by atoms with E-state index in [-0.39, 0.29) is 25.2 Å². The van der Waals surface area contributed by atoms with Crippen molar-refractivity contribution in [1.29, 1.82) is 0 Å². The third-order valence-corrected chi connectivity index (χ3v) is 5.79. The molecule has 1 aromatic carbocycles. The molecule has 0 saturated carbocycles. The van der Waals surface area contributed by atoms with Crippen LogP contribution in [-0.4, -0.2) is 70.3 Å². The summed E-state index contributed by atoms with van der Waals surface area (Å²) in [4.78, 5) is 0. The highest BCUT2D eigenvalue weighted by Gasteiger charge is 2.33. The second-order valence-corrected chi connectivity index (χ2v) is 8.65. The fraction of sp³-hybridized carbons (Fsp3) is 0.565. The van der Waals surface area contributed by atoms with Crippen molar-refractivity contribution in [3.63, 3.8) is 0 Å². The van der Waals surface area contributed by atoms with Crippen LogP contribution in [0.3, 0.4) is 0 Å². The van der Waals surface area contributed by atoms with Crippen molar-refractivity contribution in [3.05, 3.63) is 52.3 Å². The van der Waals surface area contributed by atoms with Crippen molar-refractivity contribution in [2.75, 3.05) is 26.4 Å². The molecule has 0 radical (unpaired) electrons. The highest BCUT2D eigenvalue weighted by Crippen LogP contribution is 2.45. The molecule has 0 heterocycles. The van der Waals surface area contributed by atoms with Gasteiger partial charge in [-0.2, -0.15) is 0 Å². The van der Waals surface area contributed by atoms with Gasteiger partial charge >= 0.3 is 0 Å². The molecule has 0 amide bonds. The van der Waals surface area contributed by atoms with Crippen LogP contribution < -0.4 is 4.74 Å². The number of aliphatic hydroxyl groups excluding tert-OH is 5. The zero-order valence-corrected chi connectivity index (χ0v) is 17.5. The highest BCUT2D eigenvalue weighted by molar-refractivity contribution is 5.49. The summed E-state index contributed by atoms with van der Waals surface area (Å²) in [5, 5.41) is 46.7. The predicted octanol–water partition coefficient (Wildman–Crippen LogP) is 0.858. The molecule has 0 bridgehead atoms. The van der Waals surface area contributed by atoms with Crippen LogP contribution in [0.2, 0.25) is 0 Å². The molecule has 3 atom stereocenters. The molecule has 7 heteroatoms. The van der Waals surface area contributed by atoms with Gasteiger partial charge in [0.1, 0.15) is 37.3 Å². The van der Waals surface area contributed by atoms with E-state index >= 15 is 0 Å². The van der Waals surface area contributed by atoms with Crippen LogP contribution in [0.15, 0.2) is 41.2 Å². The van der Waals surface area contributed by atoms with E-state index in [0.29, 0.717) is 12.2 Å². The Morgan fingerprint density at radius 2 is 1.67 bits per heavy atom. The van der Waals surface area contributed by atoms with Crippen molar-refractivity contribution in [1.82, 2.24) is 0 Å². The number of fused-ring (bicyclic) bond motifs is 1. The van der Waals surface area contributed by atoms with E-state index in [2.05, 4.69) is 19.9 Å². The molecule has 0 aliphatic heterocycles. The molecule has 0 fully saturated rings. The number of aliphatic hydroxyl groups is 5. The molecule has 2 aliphatic rings. The summed E-state index contributed by atoms with van der Waals surface area (Å²) in [5.41, 5.74) is 4.83. The van der Waals surface area contributed by atoms with Crippen LogP contribution in [0, 0.1) is 5.41 Å². The molecule has 5 N–H and O–H groups in total. The molecule has 166 valence electrons. The smallest absolute Gasteiger partial charge is 0.119 e. The fourth-order valence-electron chi connectivity index (χ4n) is 4.05. The summed E-state index contributed by atoms with van der Waals surface area (Å²) >= 11 is 0. The molecule has 0 saturated heterocycles. The standard InChI is InChI=1S/C23H32O7/c1-23(2)9-19(30-13-22(28)21(27)11-25)7-16-5-14-3-4-18(29-12-17(26)10-24)6-15(14)8-20(16)23/h3-4,6,9,17,21-22,24-28H,5,7-8,10-13H2,1-2H3/t17-,21+,22+/m0/s1. The first-order valence-electron chi connectivity index (χ1n) is 10.3. The minimum absolute atomic E-state index is 0.0506. The third-order valence-electron chi connectivity index (χ3n) is 5.79. The molecule has 7 nitrogen and oxygen atoms in total. The molecule has 0 unspecified atom stereocenters. The lowest BCUT2D eigenvalue weighted by molar-refractivity contribution is -0.0461. The largest absolute Gasteiger partial charge is 0.495 e. The fourth-order valence-corrected chi connectivity index (χ4v) is 4.05. The normalized spacial score (nSPS) is 20.6. The summed E-state index contributed by atoms with van der Waals surface area (Å²) in [6.07, 6.45) is 1.07. The molecular formula is C23H32O7. The van der Waals surface area contributed by atoms with Crippen molar-refractivity contribution in [3.8, 4) is 5.75 Å². The predicted molar refractivity (Wildman–Crippen MR) is 111 cm³/mol. The minimum Gasteiger partial charge on any atom is -0.495 e. The van der Waals surface area contributed by atoms with Crippen LogP contribution in [-0.2, 0) is 17.6 Å². The highest BCUT2D eigenvalue weighted by atomic mass is 16.5. The van der Waals surface area contributed by atoms with Crippen molar-refractivity contribution >= 4 is 0 Å². The molecule has 0 aromatic heterocycles. The lowest BCUT2D eigenvalue weighted by atomic mass is 9.69. The van der Waals surface area contributed by atoms with Crippen LogP contribution in [0.4, 0.5) is 0 Å². The van der Waals surface area contributed by atoms with Gasteiger partial charge in [0.2, 0.25) is 0 Å². The first-order valence-corrected chi connectivity index (χ1v) is 10.3. The van der Waals surface area contributed by atoms with Crippen molar-refractivity contribution < 1.29 is 35.0 Å². The van der Waals surface area contributed by atoms with Gasteiger partial charge in [-0.25, -0.2) is 0 Å². The van der Waals surface area contributed by atoms with Crippen LogP contribution >= 0.6 is 0 Å². The maximum atomic E-state index is 9.85. The molecule has 30 heavy (non-hydrogen) atoms. The third kappa shape index (κ3) is 5.22. The van der Waals surface area contributed by atoms with E-state index in [1.807, 2.05) is 18.2 Å². The molecule has 2 aliphatic carbocycles. The summed E-state index contributed by atoms with van der Waals surface area (Å²) < 4.78 is 11.4. The minimum atomic E-state index is -1.21. The van der Waals surface area contributed by atoms with E-state index in [1.165, 1.54) is 22.3 Å². The van der Waals surface area contributed by atoms with Gasteiger partial charge in [-0.3, -0.25) is 0 Å². The van der Waals surface area contributed by atoms with Gasteiger partial charge in [0.05, 0.1) is 19.0 Å². The maximum Gasteiger partial charge on any atom is 0.119 e. The summed E-state index contributed by atoms with van der Waals surface area (Å²) in [5.74, 6) is 1.44. The van der Waals surface area contributed by atoms with Gasteiger partial charge in [-0.05, 0) is 42.2 Å². The molecular weight excluding hydrogens is 388 g/mol. The van der Waals surface area contributed by atoms with Gasteiger partial charge in [-0.15, -0.1) is 0 Å². The van der Waals surface area contributed by atoms with Gasteiger partial charge in [0, 0.05) is 11.8 Å². The number of hydrogen-bond acceptors (Lipinski definition) is 7. The molecule has 0 spiro atoms. The molecule has 3 rings (SSSR count). The first kappa shape index (κ1) is 22.8. The van der Waals surface area contributed by atoms with Crippen LogP contribution in [0.1, 0.15) is 31.4 Å². The lowest BCUT2D eigenvalue weighted by Crippen LogP contribution is -2.33. The Morgan fingerprint density at radius 3 is 2.37 bits per heavy atom. The number of benzene rings is 1. The second kappa shape index (κ2) is 9.49. The summed E-state index contributed by atoms with van der Waals surface area (Å²) in [6.45, 7) is 3.41. The Kier molecular flexibility index (Phi) is 7.21.